The largest absolute Gasteiger partial charge is 0.389 e. The average molecular weight is 215 g/mol. The van der Waals surface area contributed by atoms with E-state index in [1.165, 1.54) is 0 Å². The van der Waals surface area contributed by atoms with E-state index in [4.69, 9.17) is 9.47 Å². The monoisotopic (exact) mass is 215 g/mol. The number of rotatable bonds is 8. The Morgan fingerprint density at radius 3 is 2.73 bits per heavy atom. The van der Waals surface area contributed by atoms with Crippen LogP contribution in [0.4, 0.5) is 0 Å². The molecule has 0 bridgehead atoms. The van der Waals surface area contributed by atoms with Gasteiger partial charge in [-0.3, -0.25) is 0 Å². The average Bonchev–Trinajstić information content (AvgIpc) is 2.22. The van der Waals surface area contributed by atoms with Crippen molar-refractivity contribution in [2.75, 3.05) is 33.4 Å². The highest BCUT2D eigenvalue weighted by molar-refractivity contribution is 4.96. The van der Waals surface area contributed by atoms with Crippen molar-refractivity contribution in [3.8, 4) is 11.8 Å². The molecule has 0 amide bonds. The van der Waals surface area contributed by atoms with E-state index in [0.717, 1.165) is 0 Å². The van der Waals surface area contributed by atoms with Gasteiger partial charge in [0.1, 0.15) is 0 Å². The van der Waals surface area contributed by atoms with Crippen LogP contribution < -0.4 is 5.32 Å². The minimum Gasteiger partial charge on any atom is -0.389 e. The topological polar surface area (TPSA) is 50.7 Å². The predicted molar refractivity (Wildman–Crippen MR) is 59.6 cm³/mol. The fourth-order valence-electron chi connectivity index (χ4n) is 1.01. The van der Waals surface area contributed by atoms with E-state index in [1.54, 1.807) is 14.0 Å². The summed E-state index contributed by atoms with van der Waals surface area (Å²) in [6.07, 6.45) is -0.483. The SMILES string of the molecule is CC#CCNCC(O)COC(C)COC. The first-order chi connectivity index (χ1) is 7.20. The lowest BCUT2D eigenvalue weighted by molar-refractivity contribution is -0.0308. The van der Waals surface area contributed by atoms with Gasteiger partial charge in [-0.05, 0) is 13.8 Å². The summed E-state index contributed by atoms with van der Waals surface area (Å²) in [6, 6.07) is 0. The maximum Gasteiger partial charge on any atom is 0.0898 e. The molecule has 0 aromatic heterocycles. The van der Waals surface area contributed by atoms with Crippen molar-refractivity contribution in [3.05, 3.63) is 0 Å². The van der Waals surface area contributed by atoms with E-state index in [2.05, 4.69) is 17.2 Å². The van der Waals surface area contributed by atoms with Gasteiger partial charge >= 0.3 is 0 Å². The Kier molecular flexibility index (Phi) is 9.54. The van der Waals surface area contributed by atoms with Crippen LogP contribution in [0.1, 0.15) is 13.8 Å². The molecule has 0 heterocycles. The van der Waals surface area contributed by atoms with E-state index >= 15 is 0 Å². The van der Waals surface area contributed by atoms with Crippen molar-refractivity contribution in [2.45, 2.75) is 26.1 Å². The first-order valence-electron chi connectivity index (χ1n) is 5.09. The van der Waals surface area contributed by atoms with Crippen LogP contribution in [0, 0.1) is 11.8 Å². The van der Waals surface area contributed by atoms with Gasteiger partial charge in [0.05, 0.1) is 32.0 Å². The van der Waals surface area contributed by atoms with E-state index in [0.29, 0.717) is 26.3 Å². The third-order valence-corrected chi connectivity index (χ3v) is 1.74. The summed E-state index contributed by atoms with van der Waals surface area (Å²) in [5, 5.41) is 12.5. The van der Waals surface area contributed by atoms with Crippen molar-refractivity contribution in [1.29, 1.82) is 0 Å². The van der Waals surface area contributed by atoms with Crippen molar-refractivity contribution in [3.63, 3.8) is 0 Å². The van der Waals surface area contributed by atoms with E-state index in [1.807, 2.05) is 6.92 Å². The Labute approximate surface area is 92.0 Å². The molecule has 0 fully saturated rings. The first kappa shape index (κ1) is 14.4. The Morgan fingerprint density at radius 1 is 1.40 bits per heavy atom. The molecule has 4 nitrogen and oxygen atoms in total. The third kappa shape index (κ3) is 9.70. The maximum atomic E-state index is 9.49. The second kappa shape index (κ2) is 9.94. The molecule has 0 spiro atoms. The fraction of sp³-hybridized carbons (Fsp3) is 0.818. The summed E-state index contributed by atoms with van der Waals surface area (Å²) in [7, 11) is 1.63. The van der Waals surface area contributed by atoms with Gasteiger partial charge in [-0.1, -0.05) is 5.92 Å². The van der Waals surface area contributed by atoms with Crippen molar-refractivity contribution in [1.82, 2.24) is 5.32 Å². The molecule has 2 N–H and O–H groups in total. The molecule has 0 saturated heterocycles. The lowest BCUT2D eigenvalue weighted by Crippen LogP contribution is -2.32. The van der Waals surface area contributed by atoms with E-state index < -0.39 is 6.10 Å². The molecule has 2 atom stereocenters. The van der Waals surface area contributed by atoms with Gasteiger partial charge in [0.2, 0.25) is 0 Å². The van der Waals surface area contributed by atoms with Crippen molar-refractivity contribution >= 4 is 0 Å². The summed E-state index contributed by atoms with van der Waals surface area (Å²) in [4.78, 5) is 0. The highest BCUT2D eigenvalue weighted by Gasteiger charge is 2.06. The summed E-state index contributed by atoms with van der Waals surface area (Å²) in [5.74, 6) is 5.62. The molecule has 15 heavy (non-hydrogen) atoms. The predicted octanol–water partition coefficient (Wildman–Crippen LogP) is 0.0117. The molecule has 0 aliphatic carbocycles. The van der Waals surface area contributed by atoms with Gasteiger partial charge in [0.15, 0.2) is 0 Å². The van der Waals surface area contributed by atoms with E-state index in [9.17, 15) is 5.11 Å². The minimum atomic E-state index is -0.497. The molecule has 0 aliphatic heterocycles. The highest BCUT2D eigenvalue weighted by Crippen LogP contribution is 1.93. The maximum absolute atomic E-state index is 9.49. The molecule has 0 radical (unpaired) electrons. The van der Waals surface area contributed by atoms with Gasteiger partial charge in [-0.15, -0.1) is 5.92 Å². The first-order valence-corrected chi connectivity index (χ1v) is 5.09. The summed E-state index contributed by atoms with van der Waals surface area (Å²) in [5.41, 5.74) is 0. The van der Waals surface area contributed by atoms with E-state index in [-0.39, 0.29) is 6.10 Å². The van der Waals surface area contributed by atoms with Crippen molar-refractivity contribution < 1.29 is 14.6 Å². The fourth-order valence-corrected chi connectivity index (χ4v) is 1.01. The van der Waals surface area contributed by atoms with Crippen LogP contribution in [-0.2, 0) is 9.47 Å². The molecular formula is C11H21NO3. The second-order valence-electron chi connectivity index (χ2n) is 3.31. The number of hydrogen-bond acceptors (Lipinski definition) is 4. The van der Waals surface area contributed by atoms with Crippen LogP contribution in [0.2, 0.25) is 0 Å². The normalized spacial score (nSPS) is 14.1. The van der Waals surface area contributed by atoms with Crippen LogP contribution in [0.5, 0.6) is 0 Å². The molecule has 0 rings (SSSR count). The van der Waals surface area contributed by atoms with Gasteiger partial charge < -0.3 is 19.9 Å². The second-order valence-corrected chi connectivity index (χ2v) is 3.31. The van der Waals surface area contributed by atoms with Crippen LogP contribution >= 0.6 is 0 Å². The zero-order valence-electron chi connectivity index (χ0n) is 9.75. The summed E-state index contributed by atoms with van der Waals surface area (Å²) < 4.78 is 10.3. The molecule has 0 aromatic rings. The lowest BCUT2D eigenvalue weighted by Gasteiger charge is -2.15. The standard InChI is InChI=1S/C11H21NO3/c1-4-5-6-12-7-11(13)9-15-10(2)8-14-3/h10-13H,6-9H2,1-3H3. The molecule has 0 saturated carbocycles. The Bertz CT molecular complexity index is 198. The van der Waals surface area contributed by atoms with Crippen molar-refractivity contribution in [2.24, 2.45) is 0 Å². The Balaban J connectivity index is 3.38. The molecule has 0 aromatic carbocycles. The number of ether oxygens (including phenoxy) is 2. The Hall–Kier alpha value is -0.600. The molecule has 88 valence electrons. The lowest BCUT2D eigenvalue weighted by atomic mass is 10.3. The number of methoxy groups -OCH3 is 1. The zero-order chi connectivity index (χ0) is 11.5. The van der Waals surface area contributed by atoms with Gasteiger partial charge in [-0.25, -0.2) is 0 Å². The summed E-state index contributed by atoms with van der Waals surface area (Å²) >= 11 is 0. The van der Waals surface area contributed by atoms with Crippen LogP contribution in [0.15, 0.2) is 0 Å². The Morgan fingerprint density at radius 2 is 2.13 bits per heavy atom. The quantitative estimate of drug-likeness (QED) is 0.442. The molecule has 0 aliphatic rings. The van der Waals surface area contributed by atoms with Crippen LogP contribution in [-0.4, -0.2) is 50.7 Å². The molecular weight excluding hydrogens is 194 g/mol. The van der Waals surface area contributed by atoms with Crippen LogP contribution in [0.3, 0.4) is 0 Å². The smallest absolute Gasteiger partial charge is 0.0898 e. The van der Waals surface area contributed by atoms with Crippen LogP contribution in [0.25, 0.3) is 0 Å². The number of aliphatic hydroxyl groups is 1. The molecule has 4 heteroatoms. The number of nitrogens with one attached hydrogen (secondary N) is 1. The van der Waals surface area contributed by atoms with Gasteiger partial charge in [0, 0.05) is 13.7 Å². The van der Waals surface area contributed by atoms with Gasteiger partial charge in [-0.2, -0.15) is 0 Å². The molecule has 2 unspecified atom stereocenters. The number of aliphatic hydroxyl groups excluding tert-OH is 1. The highest BCUT2D eigenvalue weighted by atomic mass is 16.5. The minimum absolute atomic E-state index is 0.0140. The summed E-state index contributed by atoms with van der Waals surface area (Å²) in [6.45, 7) is 5.65. The zero-order valence-corrected chi connectivity index (χ0v) is 9.75. The third-order valence-electron chi connectivity index (χ3n) is 1.74. The number of hydrogen-bond donors (Lipinski definition) is 2. The van der Waals surface area contributed by atoms with Gasteiger partial charge in [0.25, 0.3) is 0 Å².